The van der Waals surface area contributed by atoms with Crippen LogP contribution in [-0.4, -0.2) is 47.8 Å². The number of benzene rings is 3. The first-order chi connectivity index (χ1) is 16.7. The Balaban J connectivity index is 1.24. The topological polar surface area (TPSA) is 52.7 Å². The van der Waals surface area contributed by atoms with Crippen LogP contribution in [0.15, 0.2) is 66.7 Å². The predicted octanol–water partition coefficient (Wildman–Crippen LogP) is 5.32. The van der Waals surface area contributed by atoms with E-state index in [1.807, 2.05) is 59.5 Å². The van der Waals surface area contributed by atoms with E-state index < -0.39 is 0 Å². The number of fused-ring (bicyclic) bond motifs is 1. The fourth-order valence-electron chi connectivity index (χ4n) is 5.33. The molecule has 5 heteroatoms. The zero-order chi connectivity index (χ0) is 23.3. The summed E-state index contributed by atoms with van der Waals surface area (Å²) in [6.07, 6.45) is 5.51. The molecule has 2 aliphatic heterocycles. The van der Waals surface area contributed by atoms with Gasteiger partial charge < -0.3 is 10.2 Å². The summed E-state index contributed by atoms with van der Waals surface area (Å²) in [5, 5.41) is 5.15. The highest BCUT2D eigenvalue weighted by atomic mass is 16.2. The number of hydrogen-bond acceptors (Lipinski definition) is 3. The van der Waals surface area contributed by atoms with E-state index >= 15 is 0 Å². The molecule has 0 radical (unpaired) electrons. The number of likely N-dealkylation sites (tertiary alicyclic amines) is 2. The number of nitrogens with zero attached hydrogens (tertiary/aromatic N) is 2. The van der Waals surface area contributed by atoms with Crippen molar-refractivity contribution in [2.24, 2.45) is 5.92 Å². The number of amides is 2. The second-order valence-electron chi connectivity index (χ2n) is 9.64. The van der Waals surface area contributed by atoms with Crippen molar-refractivity contribution >= 4 is 28.3 Å². The van der Waals surface area contributed by atoms with Crippen molar-refractivity contribution < 1.29 is 9.59 Å². The Morgan fingerprint density at radius 1 is 0.853 bits per heavy atom. The van der Waals surface area contributed by atoms with Crippen molar-refractivity contribution in [1.82, 2.24) is 9.80 Å². The fourth-order valence-corrected chi connectivity index (χ4v) is 5.33. The molecule has 0 saturated carbocycles. The second-order valence-corrected chi connectivity index (χ2v) is 9.64. The van der Waals surface area contributed by atoms with Gasteiger partial charge in [0.2, 0.25) is 5.91 Å². The number of hydrogen-bond donors (Lipinski definition) is 1. The van der Waals surface area contributed by atoms with Gasteiger partial charge >= 0.3 is 0 Å². The van der Waals surface area contributed by atoms with E-state index in [1.54, 1.807) is 0 Å². The smallest absolute Gasteiger partial charge is 0.254 e. The summed E-state index contributed by atoms with van der Waals surface area (Å²) in [5.41, 5.74) is 2.79. The van der Waals surface area contributed by atoms with Crippen LogP contribution >= 0.6 is 0 Å². The number of anilines is 1. The molecular weight excluding hydrogens is 422 g/mol. The molecule has 0 aromatic heterocycles. The fraction of sp³-hybridized carbons (Fsp3) is 0.379. The van der Waals surface area contributed by atoms with Crippen LogP contribution in [-0.2, 0) is 11.3 Å². The van der Waals surface area contributed by atoms with E-state index in [0.717, 1.165) is 48.9 Å². The number of carbonyl (C=O) groups is 2. The molecule has 2 heterocycles. The maximum atomic E-state index is 13.4. The maximum absolute atomic E-state index is 13.4. The molecule has 3 aromatic carbocycles. The summed E-state index contributed by atoms with van der Waals surface area (Å²) in [7, 11) is 0. The summed E-state index contributed by atoms with van der Waals surface area (Å²) in [6, 6.07) is 22.0. The van der Waals surface area contributed by atoms with Crippen LogP contribution in [0.3, 0.4) is 0 Å². The minimum absolute atomic E-state index is 0.00513. The Morgan fingerprint density at radius 2 is 1.65 bits per heavy atom. The molecule has 0 bridgehead atoms. The molecule has 0 aliphatic carbocycles. The van der Waals surface area contributed by atoms with Gasteiger partial charge in [-0.15, -0.1) is 0 Å². The summed E-state index contributed by atoms with van der Waals surface area (Å²) >= 11 is 0. The van der Waals surface area contributed by atoms with E-state index in [0.29, 0.717) is 18.7 Å². The van der Waals surface area contributed by atoms with E-state index in [4.69, 9.17) is 0 Å². The largest absolute Gasteiger partial charge is 0.338 e. The number of piperidine rings is 2. The zero-order valence-corrected chi connectivity index (χ0v) is 19.7. The van der Waals surface area contributed by atoms with Gasteiger partial charge in [0.15, 0.2) is 0 Å². The third kappa shape index (κ3) is 5.15. The van der Waals surface area contributed by atoms with E-state index in [1.165, 1.54) is 24.8 Å². The standard InChI is InChI=1S/C29H33N3O2/c33-28(30-25-13-6-9-22(19-25)20-31-16-4-1-5-17-31)24-12-8-18-32(21-24)29(34)27-15-7-11-23-10-2-3-14-26(23)27/h2-3,6-7,9-11,13-15,19,24H,1,4-5,8,12,16-18,20-21H2,(H,30,33). The van der Waals surface area contributed by atoms with Crippen LogP contribution in [0.5, 0.6) is 0 Å². The SMILES string of the molecule is O=C(Nc1cccc(CN2CCCCC2)c1)C1CCCN(C(=O)c2cccc3ccccc23)C1. The van der Waals surface area contributed by atoms with Gasteiger partial charge in [-0.2, -0.15) is 0 Å². The highest BCUT2D eigenvalue weighted by molar-refractivity contribution is 6.07. The Morgan fingerprint density at radius 3 is 2.53 bits per heavy atom. The Labute approximate surface area is 201 Å². The van der Waals surface area contributed by atoms with Crippen molar-refractivity contribution in [3.63, 3.8) is 0 Å². The summed E-state index contributed by atoms with van der Waals surface area (Å²) < 4.78 is 0. The Bertz CT molecular complexity index is 1160. The molecule has 5 nitrogen and oxygen atoms in total. The van der Waals surface area contributed by atoms with Gasteiger partial charge in [0, 0.05) is 30.9 Å². The quantitative estimate of drug-likeness (QED) is 0.567. The molecule has 1 N–H and O–H groups in total. The molecule has 2 aliphatic rings. The van der Waals surface area contributed by atoms with Crippen LogP contribution in [0.2, 0.25) is 0 Å². The molecule has 1 atom stereocenters. The lowest BCUT2D eigenvalue weighted by Crippen LogP contribution is -2.43. The first kappa shape index (κ1) is 22.6. The Hall–Kier alpha value is -3.18. The molecule has 176 valence electrons. The molecular formula is C29H33N3O2. The predicted molar refractivity (Wildman–Crippen MR) is 137 cm³/mol. The van der Waals surface area contributed by atoms with E-state index in [-0.39, 0.29) is 17.7 Å². The van der Waals surface area contributed by atoms with Crippen molar-refractivity contribution in [2.75, 3.05) is 31.5 Å². The molecule has 0 spiro atoms. The molecule has 1 unspecified atom stereocenters. The van der Waals surface area contributed by atoms with Gasteiger partial charge in [-0.1, -0.05) is 55.0 Å². The van der Waals surface area contributed by atoms with Gasteiger partial charge in [-0.05, 0) is 73.3 Å². The lowest BCUT2D eigenvalue weighted by Gasteiger charge is -2.32. The molecule has 2 amide bonds. The van der Waals surface area contributed by atoms with Crippen molar-refractivity contribution in [3.05, 3.63) is 77.9 Å². The van der Waals surface area contributed by atoms with Crippen LogP contribution < -0.4 is 5.32 Å². The molecule has 2 saturated heterocycles. The molecule has 2 fully saturated rings. The normalized spacial score (nSPS) is 19.2. The highest BCUT2D eigenvalue weighted by Gasteiger charge is 2.29. The average Bonchev–Trinajstić information content (AvgIpc) is 2.89. The molecule has 34 heavy (non-hydrogen) atoms. The zero-order valence-electron chi connectivity index (χ0n) is 19.7. The van der Waals surface area contributed by atoms with Gasteiger partial charge in [0.1, 0.15) is 0 Å². The molecule has 5 rings (SSSR count). The third-order valence-corrected chi connectivity index (χ3v) is 7.15. The Kier molecular flexibility index (Phi) is 6.91. The van der Waals surface area contributed by atoms with Crippen LogP contribution in [0.25, 0.3) is 10.8 Å². The second kappa shape index (κ2) is 10.4. The number of rotatable bonds is 5. The van der Waals surface area contributed by atoms with Gasteiger partial charge in [0.05, 0.1) is 5.92 Å². The summed E-state index contributed by atoms with van der Waals surface area (Å²) in [6.45, 7) is 4.39. The van der Waals surface area contributed by atoms with Crippen molar-refractivity contribution in [1.29, 1.82) is 0 Å². The summed E-state index contributed by atoms with van der Waals surface area (Å²) in [5.74, 6) is -0.179. The minimum atomic E-state index is -0.196. The van der Waals surface area contributed by atoms with Gasteiger partial charge in [-0.25, -0.2) is 0 Å². The maximum Gasteiger partial charge on any atom is 0.254 e. The van der Waals surface area contributed by atoms with Gasteiger partial charge in [-0.3, -0.25) is 14.5 Å². The van der Waals surface area contributed by atoms with Crippen molar-refractivity contribution in [3.8, 4) is 0 Å². The lowest BCUT2D eigenvalue weighted by molar-refractivity contribution is -0.121. The van der Waals surface area contributed by atoms with E-state index in [2.05, 4.69) is 22.3 Å². The summed E-state index contributed by atoms with van der Waals surface area (Å²) in [4.78, 5) is 30.8. The first-order valence-corrected chi connectivity index (χ1v) is 12.6. The van der Waals surface area contributed by atoms with Crippen molar-refractivity contribution in [2.45, 2.75) is 38.6 Å². The number of carbonyl (C=O) groups excluding carboxylic acids is 2. The lowest BCUT2D eigenvalue weighted by atomic mass is 9.95. The van der Waals surface area contributed by atoms with E-state index in [9.17, 15) is 9.59 Å². The monoisotopic (exact) mass is 455 g/mol. The highest BCUT2D eigenvalue weighted by Crippen LogP contribution is 2.25. The third-order valence-electron chi connectivity index (χ3n) is 7.15. The minimum Gasteiger partial charge on any atom is -0.338 e. The van der Waals surface area contributed by atoms with Crippen LogP contribution in [0, 0.1) is 5.92 Å². The number of nitrogens with one attached hydrogen (secondary N) is 1. The van der Waals surface area contributed by atoms with Crippen LogP contribution in [0.4, 0.5) is 5.69 Å². The molecule has 3 aromatic rings. The van der Waals surface area contributed by atoms with Gasteiger partial charge in [0.25, 0.3) is 5.91 Å². The van der Waals surface area contributed by atoms with Crippen LogP contribution in [0.1, 0.15) is 48.0 Å². The average molecular weight is 456 g/mol. The first-order valence-electron chi connectivity index (χ1n) is 12.6.